The van der Waals surface area contributed by atoms with Crippen molar-refractivity contribution < 1.29 is 9.53 Å². The van der Waals surface area contributed by atoms with Gasteiger partial charge in [-0.1, -0.05) is 42.5 Å². The molecule has 0 saturated heterocycles. The number of methoxy groups -OCH3 is 1. The van der Waals surface area contributed by atoms with Crippen LogP contribution in [0.15, 0.2) is 54.6 Å². The SMILES string of the molecule is COc1ccccc1[C@H](C)NC(=O)c1ccc2c3c(cccc13)CC2. The average molecular weight is 331 g/mol. The quantitative estimate of drug-likeness (QED) is 0.767. The zero-order chi connectivity index (χ0) is 17.4. The minimum absolute atomic E-state index is 0.0472. The largest absolute Gasteiger partial charge is 0.496 e. The lowest BCUT2D eigenvalue weighted by Crippen LogP contribution is -2.27. The molecule has 1 aliphatic rings. The minimum atomic E-state index is -0.133. The van der Waals surface area contributed by atoms with Crippen LogP contribution in [0.4, 0.5) is 0 Å². The van der Waals surface area contributed by atoms with Crippen LogP contribution in [0.1, 0.15) is 40.0 Å². The van der Waals surface area contributed by atoms with Crippen molar-refractivity contribution >= 4 is 16.7 Å². The summed E-state index contributed by atoms with van der Waals surface area (Å²) in [5.74, 6) is 0.740. The highest BCUT2D eigenvalue weighted by molar-refractivity contribution is 6.09. The van der Waals surface area contributed by atoms with Gasteiger partial charge in [-0.25, -0.2) is 0 Å². The van der Waals surface area contributed by atoms with Crippen molar-refractivity contribution in [1.82, 2.24) is 5.32 Å². The molecule has 0 unspecified atom stereocenters. The fourth-order valence-electron chi connectivity index (χ4n) is 3.82. The highest BCUT2D eigenvalue weighted by Crippen LogP contribution is 2.33. The summed E-state index contributed by atoms with van der Waals surface area (Å²) in [6.45, 7) is 1.98. The molecule has 1 aliphatic carbocycles. The lowest BCUT2D eigenvalue weighted by Gasteiger charge is -2.18. The Hall–Kier alpha value is -2.81. The van der Waals surface area contributed by atoms with E-state index in [0.717, 1.165) is 35.1 Å². The van der Waals surface area contributed by atoms with Crippen LogP contribution in [-0.4, -0.2) is 13.0 Å². The van der Waals surface area contributed by atoms with Crippen LogP contribution in [0.3, 0.4) is 0 Å². The van der Waals surface area contributed by atoms with Crippen molar-refractivity contribution in [2.75, 3.05) is 7.11 Å². The van der Waals surface area contributed by atoms with Gasteiger partial charge in [-0.3, -0.25) is 4.79 Å². The fourth-order valence-corrected chi connectivity index (χ4v) is 3.82. The number of ether oxygens (including phenoxy) is 1. The molecule has 3 nitrogen and oxygen atoms in total. The van der Waals surface area contributed by atoms with E-state index in [1.807, 2.05) is 43.3 Å². The number of carbonyl (C=O) groups is 1. The van der Waals surface area contributed by atoms with Crippen molar-refractivity contribution in [1.29, 1.82) is 0 Å². The van der Waals surface area contributed by atoms with Crippen molar-refractivity contribution in [2.45, 2.75) is 25.8 Å². The molecule has 0 saturated carbocycles. The summed E-state index contributed by atoms with van der Waals surface area (Å²) in [5.41, 5.74) is 4.41. The van der Waals surface area contributed by atoms with E-state index in [0.29, 0.717) is 0 Å². The van der Waals surface area contributed by atoms with Gasteiger partial charge in [0.1, 0.15) is 5.75 Å². The van der Waals surface area contributed by atoms with E-state index in [1.54, 1.807) is 7.11 Å². The first-order chi connectivity index (χ1) is 12.2. The van der Waals surface area contributed by atoms with E-state index >= 15 is 0 Å². The molecule has 3 heteroatoms. The second-order valence-corrected chi connectivity index (χ2v) is 6.55. The van der Waals surface area contributed by atoms with Crippen molar-refractivity contribution in [3.63, 3.8) is 0 Å². The maximum Gasteiger partial charge on any atom is 0.252 e. The third-order valence-corrected chi connectivity index (χ3v) is 5.07. The lowest BCUT2D eigenvalue weighted by atomic mass is 9.99. The van der Waals surface area contributed by atoms with Gasteiger partial charge in [-0.15, -0.1) is 0 Å². The number of amides is 1. The molecular weight excluding hydrogens is 310 g/mol. The Kier molecular flexibility index (Phi) is 3.92. The van der Waals surface area contributed by atoms with Crippen LogP contribution >= 0.6 is 0 Å². The normalized spacial score (nSPS) is 13.7. The molecule has 3 aromatic carbocycles. The summed E-state index contributed by atoms with van der Waals surface area (Å²) in [5, 5.41) is 5.44. The topological polar surface area (TPSA) is 38.3 Å². The third-order valence-electron chi connectivity index (χ3n) is 5.07. The van der Waals surface area contributed by atoms with Gasteiger partial charge in [-0.2, -0.15) is 0 Å². The smallest absolute Gasteiger partial charge is 0.252 e. The van der Waals surface area contributed by atoms with Crippen LogP contribution in [-0.2, 0) is 12.8 Å². The van der Waals surface area contributed by atoms with Crippen molar-refractivity contribution in [3.05, 3.63) is 76.9 Å². The predicted molar refractivity (Wildman–Crippen MR) is 100 cm³/mol. The first-order valence-electron chi connectivity index (χ1n) is 8.66. The lowest BCUT2D eigenvalue weighted by molar-refractivity contribution is 0.0941. The van der Waals surface area contributed by atoms with Gasteiger partial charge in [0.15, 0.2) is 0 Å². The molecule has 0 aromatic heterocycles. The van der Waals surface area contributed by atoms with Gasteiger partial charge in [0, 0.05) is 11.1 Å². The summed E-state index contributed by atoms with van der Waals surface area (Å²) in [6.07, 6.45) is 2.13. The van der Waals surface area contributed by atoms with Gasteiger partial charge >= 0.3 is 0 Å². The van der Waals surface area contributed by atoms with Gasteiger partial charge in [0.2, 0.25) is 0 Å². The highest BCUT2D eigenvalue weighted by atomic mass is 16.5. The van der Waals surface area contributed by atoms with E-state index in [-0.39, 0.29) is 11.9 Å². The summed E-state index contributed by atoms with van der Waals surface area (Å²) in [4.78, 5) is 12.9. The van der Waals surface area contributed by atoms with E-state index in [4.69, 9.17) is 4.74 Å². The summed E-state index contributed by atoms with van der Waals surface area (Å²) in [6, 6.07) is 18.0. The zero-order valence-corrected chi connectivity index (χ0v) is 14.5. The third kappa shape index (κ3) is 2.66. The molecule has 1 amide bonds. The van der Waals surface area contributed by atoms with Crippen LogP contribution in [0.5, 0.6) is 5.75 Å². The van der Waals surface area contributed by atoms with Crippen LogP contribution in [0, 0.1) is 0 Å². The Bertz CT molecular complexity index is 951. The van der Waals surface area contributed by atoms with E-state index in [2.05, 4.69) is 23.5 Å². The number of benzene rings is 3. The minimum Gasteiger partial charge on any atom is -0.496 e. The van der Waals surface area contributed by atoms with Crippen molar-refractivity contribution in [2.24, 2.45) is 0 Å². The molecule has 0 bridgehead atoms. The second kappa shape index (κ2) is 6.25. The average Bonchev–Trinajstić information content (AvgIpc) is 3.07. The summed E-state index contributed by atoms with van der Waals surface area (Å²) < 4.78 is 5.41. The van der Waals surface area contributed by atoms with E-state index < -0.39 is 0 Å². The zero-order valence-electron chi connectivity index (χ0n) is 14.5. The van der Waals surface area contributed by atoms with E-state index in [1.165, 1.54) is 16.5 Å². The van der Waals surface area contributed by atoms with Crippen LogP contribution in [0.25, 0.3) is 10.8 Å². The maximum absolute atomic E-state index is 12.9. The standard InChI is InChI=1S/C22H21NO2/c1-14(17-7-3-4-9-20(17)25-2)23-22(24)19-13-12-16-11-10-15-6-5-8-18(19)21(15)16/h3-9,12-14H,10-11H2,1-2H3,(H,23,24)/t14-/m0/s1. The Morgan fingerprint density at radius 1 is 1.00 bits per heavy atom. The molecule has 0 fully saturated rings. The molecular formula is C22H21NO2. The monoisotopic (exact) mass is 331 g/mol. The Morgan fingerprint density at radius 2 is 1.76 bits per heavy atom. The highest BCUT2D eigenvalue weighted by Gasteiger charge is 2.20. The molecule has 126 valence electrons. The fraction of sp³-hybridized carbons (Fsp3) is 0.227. The molecule has 0 aliphatic heterocycles. The molecule has 25 heavy (non-hydrogen) atoms. The number of nitrogens with one attached hydrogen (secondary N) is 1. The van der Waals surface area contributed by atoms with Crippen LogP contribution in [0.2, 0.25) is 0 Å². The number of aryl methyl sites for hydroxylation is 2. The number of para-hydroxylation sites is 1. The molecule has 0 heterocycles. The molecule has 1 N–H and O–H groups in total. The van der Waals surface area contributed by atoms with Crippen molar-refractivity contribution in [3.8, 4) is 5.75 Å². The van der Waals surface area contributed by atoms with E-state index in [9.17, 15) is 4.79 Å². The number of rotatable bonds is 4. The first kappa shape index (κ1) is 15.7. The second-order valence-electron chi connectivity index (χ2n) is 6.55. The summed E-state index contributed by atoms with van der Waals surface area (Å²) in [7, 11) is 1.65. The molecule has 0 radical (unpaired) electrons. The molecule has 0 spiro atoms. The molecule has 1 atom stereocenters. The Morgan fingerprint density at radius 3 is 2.56 bits per heavy atom. The Labute approximate surface area is 147 Å². The number of hydrogen-bond acceptors (Lipinski definition) is 2. The van der Waals surface area contributed by atoms with Gasteiger partial charge < -0.3 is 10.1 Å². The van der Waals surface area contributed by atoms with Gasteiger partial charge in [-0.05, 0) is 53.8 Å². The molecule has 3 aromatic rings. The summed E-state index contributed by atoms with van der Waals surface area (Å²) >= 11 is 0. The molecule has 4 rings (SSSR count). The first-order valence-corrected chi connectivity index (χ1v) is 8.66. The van der Waals surface area contributed by atoms with Gasteiger partial charge in [0.05, 0.1) is 13.2 Å². The Balaban J connectivity index is 1.67. The maximum atomic E-state index is 12.9. The number of hydrogen-bond donors (Lipinski definition) is 1. The van der Waals surface area contributed by atoms with Crippen LogP contribution < -0.4 is 10.1 Å². The van der Waals surface area contributed by atoms with Gasteiger partial charge in [0.25, 0.3) is 5.91 Å². The number of carbonyl (C=O) groups excluding carboxylic acids is 1. The predicted octanol–water partition coefficient (Wildman–Crippen LogP) is 4.44.